The van der Waals surface area contributed by atoms with Gasteiger partial charge in [0.2, 0.25) is 0 Å². The fourth-order valence-electron chi connectivity index (χ4n) is 0.848. The Morgan fingerprint density at radius 1 is 1.38 bits per heavy atom. The maximum atomic E-state index is 11.0. The summed E-state index contributed by atoms with van der Waals surface area (Å²) in [6, 6.07) is 4.67. The lowest BCUT2D eigenvalue weighted by molar-refractivity contribution is 0.609. The minimum absolute atomic E-state index is 0.0768. The number of anilines is 1. The Labute approximate surface area is 89.6 Å². The lowest BCUT2D eigenvalue weighted by atomic mass is 10.3. The highest BCUT2D eigenvalue weighted by molar-refractivity contribution is 9.10. The minimum atomic E-state index is -3.66. The molecule has 0 bridgehead atoms. The first-order valence-electron chi connectivity index (χ1n) is 3.36. The van der Waals surface area contributed by atoms with E-state index in [1.54, 1.807) is 13.1 Å². The zero-order valence-electron chi connectivity index (χ0n) is 6.71. The molecule has 0 amide bonds. The smallest absolute Gasteiger partial charge is 0.261 e. The lowest BCUT2D eigenvalue weighted by Gasteiger charge is -2.03. The van der Waals surface area contributed by atoms with Gasteiger partial charge in [-0.3, -0.25) is 0 Å². The molecule has 0 aliphatic heterocycles. The SMILES string of the molecule is CNc1cc(Br)cc(S(=O)(=O)Cl)c1. The van der Waals surface area contributed by atoms with Gasteiger partial charge in [-0.1, -0.05) is 15.9 Å². The predicted octanol–water partition coefficient (Wildman–Crippen LogP) is 2.42. The van der Waals surface area contributed by atoms with Crippen LogP contribution in [0.15, 0.2) is 27.6 Å². The van der Waals surface area contributed by atoms with E-state index in [1.807, 2.05) is 0 Å². The van der Waals surface area contributed by atoms with E-state index in [4.69, 9.17) is 10.7 Å². The molecule has 0 unspecified atom stereocenters. The van der Waals surface area contributed by atoms with Crippen LogP contribution < -0.4 is 5.32 Å². The lowest BCUT2D eigenvalue weighted by Crippen LogP contribution is -1.94. The van der Waals surface area contributed by atoms with Crippen LogP contribution in [-0.4, -0.2) is 15.5 Å². The zero-order valence-corrected chi connectivity index (χ0v) is 9.87. The molecule has 0 spiro atoms. The quantitative estimate of drug-likeness (QED) is 0.848. The molecule has 0 heterocycles. The molecule has 0 fully saturated rings. The van der Waals surface area contributed by atoms with Crippen molar-refractivity contribution in [1.82, 2.24) is 0 Å². The first-order chi connectivity index (χ1) is 5.93. The first kappa shape index (κ1) is 10.8. The van der Waals surface area contributed by atoms with Crippen molar-refractivity contribution in [2.75, 3.05) is 12.4 Å². The zero-order chi connectivity index (χ0) is 10.1. The number of rotatable bonds is 2. The Morgan fingerprint density at radius 2 is 2.00 bits per heavy atom. The fraction of sp³-hybridized carbons (Fsp3) is 0.143. The molecule has 0 saturated carbocycles. The van der Waals surface area contributed by atoms with Crippen LogP contribution in [0.3, 0.4) is 0 Å². The van der Waals surface area contributed by atoms with Crippen LogP contribution in [0.1, 0.15) is 0 Å². The highest BCUT2D eigenvalue weighted by Crippen LogP contribution is 2.24. The number of benzene rings is 1. The molecule has 0 aliphatic rings. The van der Waals surface area contributed by atoms with Gasteiger partial charge in [0.15, 0.2) is 0 Å². The van der Waals surface area contributed by atoms with E-state index >= 15 is 0 Å². The van der Waals surface area contributed by atoms with Crippen molar-refractivity contribution in [1.29, 1.82) is 0 Å². The van der Waals surface area contributed by atoms with E-state index in [9.17, 15) is 8.42 Å². The highest BCUT2D eigenvalue weighted by atomic mass is 79.9. The topological polar surface area (TPSA) is 46.2 Å². The molecular weight excluding hydrogens is 278 g/mol. The van der Waals surface area contributed by atoms with Crippen LogP contribution in [0.2, 0.25) is 0 Å². The molecule has 0 saturated heterocycles. The summed E-state index contributed by atoms with van der Waals surface area (Å²) in [6.07, 6.45) is 0. The Morgan fingerprint density at radius 3 is 2.46 bits per heavy atom. The van der Waals surface area contributed by atoms with E-state index < -0.39 is 9.05 Å². The van der Waals surface area contributed by atoms with Crippen molar-refractivity contribution >= 4 is 41.4 Å². The Bertz CT molecular complexity index is 419. The summed E-state index contributed by atoms with van der Waals surface area (Å²) in [5.74, 6) is 0. The fourth-order valence-corrected chi connectivity index (χ4v) is 2.30. The molecule has 1 aromatic rings. The average Bonchev–Trinajstić information content (AvgIpc) is 2.01. The normalized spacial score (nSPS) is 11.3. The molecule has 0 aromatic heterocycles. The van der Waals surface area contributed by atoms with Gasteiger partial charge in [-0.2, -0.15) is 0 Å². The number of hydrogen-bond acceptors (Lipinski definition) is 3. The molecule has 1 N–H and O–H groups in total. The van der Waals surface area contributed by atoms with Gasteiger partial charge >= 0.3 is 0 Å². The Hall–Kier alpha value is -0.260. The molecule has 1 aromatic carbocycles. The molecule has 72 valence electrons. The van der Waals surface area contributed by atoms with Crippen LogP contribution >= 0.6 is 26.6 Å². The van der Waals surface area contributed by atoms with Crippen molar-refractivity contribution < 1.29 is 8.42 Å². The second-order valence-electron chi connectivity index (χ2n) is 2.36. The van der Waals surface area contributed by atoms with E-state index in [1.165, 1.54) is 12.1 Å². The number of halogens is 2. The maximum Gasteiger partial charge on any atom is 0.261 e. The summed E-state index contributed by atoms with van der Waals surface area (Å²) in [4.78, 5) is 0.0768. The Kier molecular flexibility index (Phi) is 3.21. The summed E-state index contributed by atoms with van der Waals surface area (Å²) < 4.78 is 22.6. The van der Waals surface area contributed by atoms with Crippen molar-refractivity contribution in [3.05, 3.63) is 22.7 Å². The third-order valence-corrected chi connectivity index (χ3v) is 3.23. The van der Waals surface area contributed by atoms with Crippen molar-refractivity contribution in [3.8, 4) is 0 Å². The van der Waals surface area contributed by atoms with Gasteiger partial charge in [0.1, 0.15) is 0 Å². The van der Waals surface area contributed by atoms with Crippen LogP contribution in [0, 0.1) is 0 Å². The largest absolute Gasteiger partial charge is 0.388 e. The van der Waals surface area contributed by atoms with E-state index in [0.717, 1.165) is 0 Å². The standard InChI is InChI=1S/C7H7BrClNO2S/c1-10-6-2-5(8)3-7(4-6)13(9,11)12/h2-4,10H,1H3. The second-order valence-corrected chi connectivity index (χ2v) is 5.85. The van der Waals surface area contributed by atoms with Gasteiger partial charge in [-0.05, 0) is 18.2 Å². The predicted molar refractivity (Wildman–Crippen MR) is 56.7 cm³/mol. The Balaban J connectivity index is 3.33. The summed E-state index contributed by atoms with van der Waals surface area (Å²) in [5, 5.41) is 2.83. The molecule has 0 radical (unpaired) electrons. The third-order valence-electron chi connectivity index (χ3n) is 1.44. The van der Waals surface area contributed by atoms with Gasteiger partial charge in [0, 0.05) is 27.9 Å². The van der Waals surface area contributed by atoms with E-state index in [-0.39, 0.29) is 4.90 Å². The van der Waals surface area contributed by atoms with Crippen molar-refractivity contribution in [2.45, 2.75) is 4.90 Å². The minimum Gasteiger partial charge on any atom is -0.388 e. The van der Waals surface area contributed by atoms with Gasteiger partial charge in [-0.15, -0.1) is 0 Å². The third kappa shape index (κ3) is 2.86. The molecule has 3 nitrogen and oxygen atoms in total. The maximum absolute atomic E-state index is 11.0. The van der Waals surface area contributed by atoms with Gasteiger partial charge < -0.3 is 5.32 Å². The van der Waals surface area contributed by atoms with Gasteiger partial charge in [0.25, 0.3) is 9.05 Å². The highest BCUT2D eigenvalue weighted by Gasteiger charge is 2.11. The molecule has 6 heteroatoms. The second kappa shape index (κ2) is 3.86. The molecule has 0 aliphatic carbocycles. The summed E-state index contributed by atoms with van der Waals surface area (Å²) in [6.45, 7) is 0. The summed E-state index contributed by atoms with van der Waals surface area (Å²) in [7, 11) is 3.23. The average molecular weight is 285 g/mol. The molecular formula is C7H7BrClNO2S. The summed E-state index contributed by atoms with van der Waals surface area (Å²) in [5.41, 5.74) is 0.689. The number of hydrogen-bond donors (Lipinski definition) is 1. The van der Waals surface area contributed by atoms with Crippen LogP contribution in [-0.2, 0) is 9.05 Å². The van der Waals surface area contributed by atoms with Crippen molar-refractivity contribution in [3.63, 3.8) is 0 Å². The first-order valence-corrected chi connectivity index (χ1v) is 6.47. The van der Waals surface area contributed by atoms with Gasteiger partial charge in [0.05, 0.1) is 4.90 Å². The number of nitrogens with one attached hydrogen (secondary N) is 1. The van der Waals surface area contributed by atoms with Gasteiger partial charge in [-0.25, -0.2) is 8.42 Å². The molecule has 0 atom stereocenters. The monoisotopic (exact) mass is 283 g/mol. The van der Waals surface area contributed by atoms with Crippen LogP contribution in [0.25, 0.3) is 0 Å². The van der Waals surface area contributed by atoms with Crippen LogP contribution in [0.4, 0.5) is 5.69 Å². The van der Waals surface area contributed by atoms with E-state index in [0.29, 0.717) is 10.2 Å². The van der Waals surface area contributed by atoms with Crippen molar-refractivity contribution in [2.24, 2.45) is 0 Å². The molecule has 13 heavy (non-hydrogen) atoms. The van der Waals surface area contributed by atoms with E-state index in [2.05, 4.69) is 21.2 Å². The van der Waals surface area contributed by atoms with Crippen LogP contribution in [0.5, 0.6) is 0 Å². The summed E-state index contributed by atoms with van der Waals surface area (Å²) >= 11 is 3.18. The molecule has 1 rings (SSSR count).